The van der Waals surface area contributed by atoms with Crippen LogP contribution in [0.15, 0.2) is 0 Å². The number of nitrogens with one attached hydrogen (secondary N) is 1. The van der Waals surface area contributed by atoms with Gasteiger partial charge in [0.25, 0.3) is 0 Å². The van der Waals surface area contributed by atoms with Crippen LogP contribution in [0.1, 0.15) is 20.3 Å². The number of hydrogen-bond donors (Lipinski definition) is 2. The van der Waals surface area contributed by atoms with E-state index in [-0.39, 0.29) is 18.7 Å². The predicted molar refractivity (Wildman–Crippen MR) is 66.5 cm³/mol. The van der Waals surface area contributed by atoms with E-state index in [1.54, 1.807) is 0 Å². The van der Waals surface area contributed by atoms with Gasteiger partial charge in [-0.3, -0.25) is 9.59 Å². The molecule has 8 heteroatoms. The number of hydrogen-bond acceptors (Lipinski definition) is 4. The van der Waals surface area contributed by atoms with Gasteiger partial charge in [0.2, 0.25) is 15.9 Å². The molecule has 7 nitrogen and oxygen atoms in total. The minimum atomic E-state index is -3.35. The van der Waals surface area contributed by atoms with Crippen molar-refractivity contribution < 1.29 is 23.1 Å². The number of carbonyl (C=O) groups excluding carboxylic acids is 1. The minimum absolute atomic E-state index is 0.0327. The average Bonchev–Trinajstić information content (AvgIpc) is 2.15. The van der Waals surface area contributed by atoms with E-state index in [4.69, 9.17) is 5.11 Å². The summed E-state index contributed by atoms with van der Waals surface area (Å²) in [6.45, 7) is 2.84. The predicted octanol–water partition coefficient (Wildman–Crippen LogP) is -0.505. The highest BCUT2D eigenvalue weighted by atomic mass is 32.2. The van der Waals surface area contributed by atoms with Crippen LogP contribution in [-0.4, -0.2) is 56.1 Å². The summed E-state index contributed by atoms with van der Waals surface area (Å²) in [4.78, 5) is 22.2. The largest absolute Gasteiger partial charge is 0.481 e. The van der Waals surface area contributed by atoms with E-state index in [1.807, 2.05) is 0 Å². The van der Waals surface area contributed by atoms with Crippen LogP contribution in [0.5, 0.6) is 0 Å². The Balaban J connectivity index is 4.19. The molecule has 0 radical (unpaired) electrons. The molecule has 2 N–H and O–H groups in total. The van der Waals surface area contributed by atoms with E-state index in [0.29, 0.717) is 0 Å². The van der Waals surface area contributed by atoms with Crippen LogP contribution in [-0.2, 0) is 19.6 Å². The molecule has 0 aromatic rings. The molecule has 0 aromatic heterocycles. The Hall–Kier alpha value is -1.15. The summed E-state index contributed by atoms with van der Waals surface area (Å²) < 4.78 is 23.8. The molecular formula is C10H20N2O5S. The first-order valence-corrected chi connectivity index (χ1v) is 7.00. The lowest BCUT2D eigenvalue weighted by Crippen LogP contribution is -2.37. The van der Waals surface area contributed by atoms with E-state index in [1.165, 1.54) is 27.9 Å². The number of nitrogens with zero attached hydrogens (tertiary/aromatic N) is 1. The Bertz CT molecular complexity index is 414. The highest BCUT2D eigenvalue weighted by Crippen LogP contribution is 2.19. The lowest BCUT2D eigenvalue weighted by atomic mass is 9.89. The van der Waals surface area contributed by atoms with Crippen molar-refractivity contribution in [2.45, 2.75) is 20.3 Å². The Kier molecular flexibility index (Phi) is 5.75. The fourth-order valence-electron chi connectivity index (χ4n) is 1.04. The maximum absolute atomic E-state index is 11.4. The van der Waals surface area contributed by atoms with Crippen molar-refractivity contribution in [3.05, 3.63) is 0 Å². The highest BCUT2D eigenvalue weighted by molar-refractivity contribution is 7.89. The molecule has 0 atom stereocenters. The standard InChI is InChI=1S/C10H20N2O5S/c1-10(2,9(14)15)7-8(13)11-5-6-18(16,17)12(3)4/h5-7H2,1-4H3,(H,11,13)(H,14,15). The second-order valence-corrected chi connectivity index (χ2v) is 7.12. The molecule has 0 unspecified atom stereocenters. The Morgan fingerprint density at radius 3 is 2.17 bits per heavy atom. The number of amides is 1. The van der Waals surface area contributed by atoms with Crippen LogP contribution in [0.2, 0.25) is 0 Å². The molecule has 0 aliphatic carbocycles. The van der Waals surface area contributed by atoms with E-state index >= 15 is 0 Å². The second-order valence-electron chi connectivity index (χ2n) is 4.81. The zero-order valence-corrected chi connectivity index (χ0v) is 11.9. The molecule has 0 aromatic carbocycles. The van der Waals surface area contributed by atoms with E-state index in [0.717, 1.165) is 4.31 Å². The average molecular weight is 280 g/mol. The van der Waals surface area contributed by atoms with E-state index in [9.17, 15) is 18.0 Å². The van der Waals surface area contributed by atoms with Crippen molar-refractivity contribution in [1.82, 2.24) is 9.62 Å². The smallest absolute Gasteiger partial charge is 0.309 e. The van der Waals surface area contributed by atoms with Crippen molar-refractivity contribution in [2.24, 2.45) is 5.41 Å². The zero-order chi connectivity index (χ0) is 14.6. The van der Waals surface area contributed by atoms with E-state index < -0.39 is 27.3 Å². The van der Waals surface area contributed by atoms with Gasteiger partial charge in [0.1, 0.15) is 0 Å². The first-order valence-electron chi connectivity index (χ1n) is 5.39. The molecule has 0 bridgehead atoms. The van der Waals surface area contributed by atoms with Gasteiger partial charge in [0.15, 0.2) is 0 Å². The molecule has 106 valence electrons. The molecule has 0 rings (SSSR count). The fraction of sp³-hybridized carbons (Fsp3) is 0.800. The molecule has 0 aliphatic heterocycles. The molecule has 1 amide bonds. The summed E-state index contributed by atoms with van der Waals surface area (Å²) in [5.74, 6) is -1.76. The van der Waals surface area contributed by atoms with Crippen molar-refractivity contribution in [1.29, 1.82) is 0 Å². The summed E-state index contributed by atoms with van der Waals surface area (Å²) in [5, 5.41) is 11.2. The quantitative estimate of drug-likeness (QED) is 0.654. The summed E-state index contributed by atoms with van der Waals surface area (Å²) in [5.41, 5.74) is -1.16. The number of sulfonamides is 1. The monoisotopic (exact) mass is 280 g/mol. The summed E-state index contributed by atoms with van der Waals surface area (Å²) in [7, 11) is -0.537. The molecule has 0 saturated heterocycles. The molecule has 0 saturated carbocycles. The third kappa shape index (κ3) is 5.46. The van der Waals surface area contributed by atoms with Gasteiger partial charge in [0.05, 0.1) is 11.2 Å². The molecule has 0 heterocycles. The second kappa shape index (κ2) is 6.14. The number of carboxylic acids is 1. The third-order valence-corrected chi connectivity index (χ3v) is 4.25. The number of carboxylic acid groups (broad SMARTS) is 1. The van der Waals surface area contributed by atoms with Crippen LogP contribution in [0, 0.1) is 5.41 Å². The number of rotatable bonds is 7. The maximum atomic E-state index is 11.4. The first-order chi connectivity index (χ1) is 7.99. The van der Waals surface area contributed by atoms with Gasteiger partial charge in [0, 0.05) is 27.1 Å². The van der Waals surface area contributed by atoms with E-state index in [2.05, 4.69) is 5.32 Å². The Morgan fingerprint density at radius 2 is 1.78 bits per heavy atom. The normalized spacial score (nSPS) is 12.5. The van der Waals surface area contributed by atoms with Crippen LogP contribution >= 0.6 is 0 Å². The maximum Gasteiger partial charge on any atom is 0.309 e. The Morgan fingerprint density at radius 1 is 1.28 bits per heavy atom. The van der Waals surface area contributed by atoms with Gasteiger partial charge >= 0.3 is 5.97 Å². The highest BCUT2D eigenvalue weighted by Gasteiger charge is 2.30. The van der Waals surface area contributed by atoms with Crippen LogP contribution in [0.25, 0.3) is 0 Å². The van der Waals surface area contributed by atoms with Gasteiger partial charge in [-0.2, -0.15) is 0 Å². The zero-order valence-electron chi connectivity index (χ0n) is 11.1. The Labute approximate surface area is 107 Å². The molecule has 0 spiro atoms. The molecule has 18 heavy (non-hydrogen) atoms. The van der Waals surface area contributed by atoms with Gasteiger partial charge in [-0.15, -0.1) is 0 Å². The fourth-order valence-corrected chi connectivity index (χ4v) is 1.77. The van der Waals surface area contributed by atoms with Gasteiger partial charge in [-0.1, -0.05) is 0 Å². The van der Waals surface area contributed by atoms with Crippen LogP contribution in [0.4, 0.5) is 0 Å². The minimum Gasteiger partial charge on any atom is -0.481 e. The molecule has 0 aliphatic rings. The summed E-state index contributed by atoms with van der Waals surface area (Å²) in [6, 6.07) is 0. The van der Waals surface area contributed by atoms with Crippen molar-refractivity contribution in [2.75, 3.05) is 26.4 Å². The third-order valence-electron chi connectivity index (χ3n) is 2.42. The van der Waals surface area contributed by atoms with Crippen LogP contribution in [0.3, 0.4) is 0 Å². The SMILES string of the molecule is CN(C)S(=O)(=O)CCNC(=O)CC(C)(C)C(=O)O. The first kappa shape index (κ1) is 16.9. The lowest BCUT2D eigenvalue weighted by Gasteiger charge is -2.18. The summed E-state index contributed by atoms with van der Waals surface area (Å²) in [6.07, 6.45) is -0.190. The molecular weight excluding hydrogens is 260 g/mol. The number of aliphatic carboxylic acids is 1. The van der Waals surface area contributed by atoms with Crippen molar-refractivity contribution in [3.63, 3.8) is 0 Å². The van der Waals surface area contributed by atoms with Crippen molar-refractivity contribution in [3.8, 4) is 0 Å². The van der Waals surface area contributed by atoms with Gasteiger partial charge < -0.3 is 10.4 Å². The topological polar surface area (TPSA) is 104 Å². The van der Waals surface area contributed by atoms with Gasteiger partial charge in [-0.05, 0) is 13.8 Å². The summed E-state index contributed by atoms with van der Waals surface area (Å²) >= 11 is 0. The van der Waals surface area contributed by atoms with Gasteiger partial charge in [-0.25, -0.2) is 12.7 Å². The van der Waals surface area contributed by atoms with Crippen molar-refractivity contribution >= 4 is 21.9 Å². The lowest BCUT2D eigenvalue weighted by molar-refractivity contribution is -0.149. The number of carbonyl (C=O) groups is 2. The van der Waals surface area contributed by atoms with Crippen LogP contribution < -0.4 is 5.32 Å². The molecule has 0 fully saturated rings.